The second kappa shape index (κ2) is 3.95. The SMILES string of the molecule is Brc1ccc(N2Cc3ccccc3C2)cc1. The van der Waals surface area contributed by atoms with Crippen molar-refractivity contribution in [2.24, 2.45) is 0 Å². The van der Waals surface area contributed by atoms with Crippen LogP contribution in [0.25, 0.3) is 0 Å². The molecule has 3 rings (SSSR count). The number of hydrogen-bond donors (Lipinski definition) is 0. The molecular weight excluding hydrogens is 262 g/mol. The molecule has 0 aromatic heterocycles. The molecule has 1 heterocycles. The van der Waals surface area contributed by atoms with Crippen LogP contribution in [0.4, 0.5) is 5.69 Å². The molecule has 0 bridgehead atoms. The quantitative estimate of drug-likeness (QED) is 0.760. The number of rotatable bonds is 1. The summed E-state index contributed by atoms with van der Waals surface area (Å²) in [5.74, 6) is 0. The summed E-state index contributed by atoms with van der Waals surface area (Å²) in [6, 6.07) is 17.2. The molecule has 80 valence electrons. The van der Waals surface area contributed by atoms with Gasteiger partial charge in [0.05, 0.1) is 0 Å². The van der Waals surface area contributed by atoms with Gasteiger partial charge in [0.1, 0.15) is 0 Å². The van der Waals surface area contributed by atoms with Crippen LogP contribution in [0.2, 0.25) is 0 Å². The smallest absolute Gasteiger partial charge is 0.0436 e. The molecule has 0 unspecified atom stereocenters. The van der Waals surface area contributed by atoms with Gasteiger partial charge in [0, 0.05) is 23.2 Å². The topological polar surface area (TPSA) is 3.24 Å². The Morgan fingerprint density at radius 1 is 0.812 bits per heavy atom. The predicted molar refractivity (Wildman–Crippen MR) is 70.5 cm³/mol. The molecule has 1 nitrogen and oxygen atoms in total. The van der Waals surface area contributed by atoms with Gasteiger partial charge < -0.3 is 4.90 Å². The van der Waals surface area contributed by atoms with Crippen molar-refractivity contribution >= 4 is 21.6 Å². The summed E-state index contributed by atoms with van der Waals surface area (Å²) < 4.78 is 1.13. The second-order valence-electron chi connectivity index (χ2n) is 4.10. The Bertz CT molecular complexity index is 479. The van der Waals surface area contributed by atoms with E-state index in [9.17, 15) is 0 Å². The van der Waals surface area contributed by atoms with Crippen LogP contribution in [0, 0.1) is 0 Å². The minimum Gasteiger partial charge on any atom is -0.363 e. The van der Waals surface area contributed by atoms with Crippen molar-refractivity contribution in [1.82, 2.24) is 0 Å². The minimum absolute atomic E-state index is 1.03. The van der Waals surface area contributed by atoms with Gasteiger partial charge in [0.2, 0.25) is 0 Å². The van der Waals surface area contributed by atoms with E-state index in [4.69, 9.17) is 0 Å². The highest BCUT2D eigenvalue weighted by Crippen LogP contribution is 2.28. The maximum absolute atomic E-state index is 3.46. The van der Waals surface area contributed by atoms with E-state index >= 15 is 0 Å². The maximum atomic E-state index is 3.46. The third-order valence-electron chi connectivity index (χ3n) is 3.03. The van der Waals surface area contributed by atoms with E-state index in [0.29, 0.717) is 0 Å². The number of hydrogen-bond acceptors (Lipinski definition) is 1. The van der Waals surface area contributed by atoms with Gasteiger partial charge >= 0.3 is 0 Å². The summed E-state index contributed by atoms with van der Waals surface area (Å²) in [5.41, 5.74) is 4.19. The molecule has 0 N–H and O–H groups in total. The van der Waals surface area contributed by atoms with Crippen LogP contribution in [-0.2, 0) is 13.1 Å². The van der Waals surface area contributed by atoms with Crippen molar-refractivity contribution in [3.8, 4) is 0 Å². The van der Waals surface area contributed by atoms with Crippen LogP contribution in [0.1, 0.15) is 11.1 Å². The van der Waals surface area contributed by atoms with E-state index in [1.54, 1.807) is 0 Å². The summed E-state index contributed by atoms with van der Waals surface area (Å²) in [6.07, 6.45) is 0. The highest BCUT2D eigenvalue weighted by Gasteiger charge is 2.17. The predicted octanol–water partition coefficient (Wildman–Crippen LogP) is 3.97. The van der Waals surface area contributed by atoms with Gasteiger partial charge in [0.15, 0.2) is 0 Å². The van der Waals surface area contributed by atoms with Gasteiger partial charge in [0.25, 0.3) is 0 Å². The molecule has 2 heteroatoms. The van der Waals surface area contributed by atoms with E-state index < -0.39 is 0 Å². The number of fused-ring (bicyclic) bond motifs is 1. The van der Waals surface area contributed by atoms with Crippen molar-refractivity contribution < 1.29 is 0 Å². The third-order valence-corrected chi connectivity index (χ3v) is 3.56. The first-order chi connectivity index (χ1) is 7.83. The normalized spacial score (nSPS) is 13.9. The van der Waals surface area contributed by atoms with E-state index in [1.807, 2.05) is 0 Å². The Hall–Kier alpha value is -1.28. The minimum atomic E-state index is 1.03. The zero-order valence-electron chi connectivity index (χ0n) is 8.86. The molecule has 1 aliphatic heterocycles. The molecular formula is C14H12BrN. The molecule has 2 aromatic rings. The Labute approximate surface area is 104 Å². The average molecular weight is 274 g/mol. The van der Waals surface area contributed by atoms with Gasteiger partial charge in [-0.3, -0.25) is 0 Å². The largest absolute Gasteiger partial charge is 0.363 e. The Morgan fingerprint density at radius 3 is 1.94 bits per heavy atom. The molecule has 2 aromatic carbocycles. The molecule has 0 atom stereocenters. The Balaban J connectivity index is 1.88. The molecule has 0 fully saturated rings. The summed E-state index contributed by atoms with van der Waals surface area (Å²) in [7, 11) is 0. The van der Waals surface area contributed by atoms with Crippen LogP contribution in [-0.4, -0.2) is 0 Å². The highest BCUT2D eigenvalue weighted by molar-refractivity contribution is 9.10. The van der Waals surface area contributed by atoms with Crippen molar-refractivity contribution in [2.45, 2.75) is 13.1 Å². The van der Waals surface area contributed by atoms with Crippen LogP contribution in [0.3, 0.4) is 0 Å². The number of benzene rings is 2. The van der Waals surface area contributed by atoms with Crippen molar-refractivity contribution in [3.05, 3.63) is 64.1 Å². The third kappa shape index (κ3) is 1.74. The molecule has 16 heavy (non-hydrogen) atoms. The van der Waals surface area contributed by atoms with Gasteiger partial charge in [-0.25, -0.2) is 0 Å². The molecule has 0 saturated carbocycles. The highest BCUT2D eigenvalue weighted by atomic mass is 79.9. The van der Waals surface area contributed by atoms with Crippen LogP contribution < -0.4 is 4.90 Å². The monoisotopic (exact) mass is 273 g/mol. The summed E-state index contributed by atoms with van der Waals surface area (Å²) in [4.78, 5) is 2.40. The number of anilines is 1. The van der Waals surface area contributed by atoms with Gasteiger partial charge in [-0.1, -0.05) is 40.2 Å². The second-order valence-corrected chi connectivity index (χ2v) is 5.02. The molecule has 0 aliphatic carbocycles. The molecule has 0 amide bonds. The zero-order valence-corrected chi connectivity index (χ0v) is 10.4. The fraction of sp³-hybridized carbons (Fsp3) is 0.143. The summed E-state index contributed by atoms with van der Waals surface area (Å²) in [5, 5.41) is 0. The summed E-state index contributed by atoms with van der Waals surface area (Å²) in [6.45, 7) is 2.05. The Morgan fingerprint density at radius 2 is 1.38 bits per heavy atom. The van der Waals surface area contributed by atoms with Crippen LogP contribution in [0.5, 0.6) is 0 Å². The number of nitrogens with zero attached hydrogens (tertiary/aromatic N) is 1. The number of halogens is 1. The lowest BCUT2D eigenvalue weighted by molar-refractivity contribution is 0.880. The van der Waals surface area contributed by atoms with E-state index in [1.165, 1.54) is 16.8 Å². The lowest BCUT2D eigenvalue weighted by atomic mass is 10.1. The first kappa shape index (κ1) is 9.91. The van der Waals surface area contributed by atoms with E-state index in [2.05, 4.69) is 69.4 Å². The Kier molecular flexibility index (Phi) is 2.44. The standard InChI is InChI=1S/C14H12BrN/c15-13-5-7-14(8-6-13)16-9-11-3-1-2-4-12(11)10-16/h1-8H,9-10H2. The van der Waals surface area contributed by atoms with Gasteiger partial charge in [-0.2, -0.15) is 0 Å². The van der Waals surface area contributed by atoms with Gasteiger partial charge in [-0.05, 0) is 35.4 Å². The van der Waals surface area contributed by atoms with Crippen molar-refractivity contribution in [3.63, 3.8) is 0 Å². The van der Waals surface area contributed by atoms with E-state index in [-0.39, 0.29) is 0 Å². The summed E-state index contributed by atoms with van der Waals surface area (Å²) >= 11 is 3.46. The molecule has 0 spiro atoms. The fourth-order valence-corrected chi connectivity index (χ4v) is 2.43. The first-order valence-corrected chi connectivity index (χ1v) is 6.19. The van der Waals surface area contributed by atoms with Gasteiger partial charge in [-0.15, -0.1) is 0 Å². The van der Waals surface area contributed by atoms with Crippen molar-refractivity contribution in [2.75, 3.05) is 4.90 Å². The maximum Gasteiger partial charge on any atom is 0.0436 e. The van der Waals surface area contributed by atoms with Crippen molar-refractivity contribution in [1.29, 1.82) is 0 Å². The first-order valence-electron chi connectivity index (χ1n) is 5.40. The zero-order chi connectivity index (χ0) is 11.0. The van der Waals surface area contributed by atoms with E-state index in [0.717, 1.165) is 17.6 Å². The van der Waals surface area contributed by atoms with Crippen LogP contribution in [0.15, 0.2) is 53.0 Å². The average Bonchev–Trinajstić information content (AvgIpc) is 2.73. The molecule has 1 aliphatic rings. The van der Waals surface area contributed by atoms with Crippen LogP contribution >= 0.6 is 15.9 Å². The lowest BCUT2D eigenvalue weighted by Crippen LogP contribution is -2.13. The lowest BCUT2D eigenvalue weighted by Gasteiger charge is -2.17. The molecule has 0 radical (unpaired) electrons. The fourth-order valence-electron chi connectivity index (χ4n) is 2.17. The molecule has 0 saturated heterocycles.